The number of ether oxygens (including phenoxy) is 2. The topological polar surface area (TPSA) is 76.0 Å². The SMILES string of the molecule is CC1(C)O[C@@H]2C[C@H]3[C@@H]4C[C@H](F)C5=CC=CC[C@]5(C)[C@H]4[C@@H](O)C[C@]3(C)[C@]2(C(=O)CO)O1. The molecule has 0 aromatic rings. The van der Waals surface area contributed by atoms with Crippen molar-refractivity contribution in [2.45, 2.75) is 83.1 Å². The van der Waals surface area contributed by atoms with E-state index in [9.17, 15) is 15.0 Å². The third kappa shape index (κ3) is 2.34. The number of ketones is 1. The van der Waals surface area contributed by atoms with E-state index in [4.69, 9.17) is 9.47 Å². The van der Waals surface area contributed by atoms with Gasteiger partial charge in [-0.05, 0) is 62.9 Å². The molecule has 5 rings (SSSR count). The molecule has 0 aromatic carbocycles. The number of Topliss-reactive ketones (excluding diaryl/α,β-unsaturated/α-hetero) is 1. The van der Waals surface area contributed by atoms with Gasteiger partial charge in [-0.2, -0.15) is 0 Å². The summed E-state index contributed by atoms with van der Waals surface area (Å²) in [7, 11) is 0. The molecule has 30 heavy (non-hydrogen) atoms. The van der Waals surface area contributed by atoms with Gasteiger partial charge in [-0.1, -0.05) is 32.1 Å². The summed E-state index contributed by atoms with van der Waals surface area (Å²) < 4.78 is 27.9. The highest BCUT2D eigenvalue weighted by Crippen LogP contribution is 2.70. The van der Waals surface area contributed by atoms with Crippen LogP contribution in [0.15, 0.2) is 23.8 Å². The Morgan fingerprint density at radius 1 is 1.27 bits per heavy atom. The lowest BCUT2D eigenvalue weighted by atomic mass is 9.45. The second kappa shape index (κ2) is 6.25. The highest BCUT2D eigenvalue weighted by molar-refractivity contribution is 5.91. The highest BCUT2D eigenvalue weighted by atomic mass is 19.1. The summed E-state index contributed by atoms with van der Waals surface area (Å²) in [6, 6.07) is 0. The molecule has 1 heterocycles. The van der Waals surface area contributed by atoms with E-state index >= 15 is 4.39 Å². The molecule has 5 nitrogen and oxygen atoms in total. The molecule has 4 aliphatic carbocycles. The van der Waals surface area contributed by atoms with E-state index < -0.39 is 53.0 Å². The van der Waals surface area contributed by atoms with E-state index in [-0.39, 0.29) is 17.8 Å². The maximum Gasteiger partial charge on any atom is 0.193 e. The number of fused-ring (bicyclic) bond motifs is 7. The normalized spacial score (nSPS) is 53.4. The first-order valence-electron chi connectivity index (χ1n) is 11.2. The first kappa shape index (κ1) is 20.8. The Morgan fingerprint density at radius 2 is 2.00 bits per heavy atom. The molecule has 2 N–H and O–H groups in total. The number of halogens is 1. The van der Waals surface area contributed by atoms with Crippen LogP contribution in [0.5, 0.6) is 0 Å². The minimum atomic E-state index is -1.31. The summed E-state index contributed by atoms with van der Waals surface area (Å²) in [5, 5.41) is 21.3. The minimum Gasteiger partial charge on any atom is -0.393 e. The summed E-state index contributed by atoms with van der Waals surface area (Å²) >= 11 is 0. The van der Waals surface area contributed by atoms with Crippen molar-refractivity contribution in [3.8, 4) is 0 Å². The number of carbonyl (C=O) groups is 1. The predicted octanol–water partition coefficient (Wildman–Crippen LogP) is 3.10. The van der Waals surface area contributed by atoms with Crippen molar-refractivity contribution < 1.29 is 28.9 Å². The molecule has 0 bridgehead atoms. The third-order valence-corrected chi connectivity index (χ3v) is 9.17. The Kier molecular flexibility index (Phi) is 4.33. The molecule has 0 aromatic heterocycles. The zero-order valence-electron chi connectivity index (χ0n) is 18.2. The summed E-state index contributed by atoms with van der Waals surface area (Å²) in [6.07, 6.45) is 5.65. The van der Waals surface area contributed by atoms with Crippen LogP contribution in [0.4, 0.5) is 4.39 Å². The van der Waals surface area contributed by atoms with Gasteiger partial charge < -0.3 is 19.7 Å². The van der Waals surface area contributed by atoms with Crippen molar-refractivity contribution in [3.05, 3.63) is 23.8 Å². The maximum atomic E-state index is 15.4. The van der Waals surface area contributed by atoms with Crippen LogP contribution in [0.3, 0.4) is 0 Å². The van der Waals surface area contributed by atoms with Crippen molar-refractivity contribution in [1.82, 2.24) is 0 Å². The molecule has 1 saturated heterocycles. The molecule has 1 aliphatic heterocycles. The van der Waals surface area contributed by atoms with Crippen LogP contribution in [0, 0.1) is 28.6 Å². The fourth-order valence-corrected chi connectivity index (χ4v) is 8.24. The zero-order chi connectivity index (χ0) is 21.7. The minimum absolute atomic E-state index is 0.0231. The number of allylic oxidation sites excluding steroid dienone is 4. The van der Waals surface area contributed by atoms with Crippen LogP contribution in [-0.4, -0.2) is 52.4 Å². The van der Waals surface area contributed by atoms with Crippen LogP contribution in [0.25, 0.3) is 0 Å². The first-order chi connectivity index (χ1) is 14.0. The first-order valence-corrected chi connectivity index (χ1v) is 11.2. The van der Waals surface area contributed by atoms with Crippen molar-refractivity contribution in [2.24, 2.45) is 28.6 Å². The molecule has 0 amide bonds. The standard InChI is InChI=1S/C24H33FO5/c1-21(2)29-19-10-15-13-9-16(25)14-7-5-6-8-22(14,3)20(13)17(27)11-23(15,4)24(19,30-21)18(28)12-26/h5-7,13,15-17,19-20,26-27H,8-12H2,1-4H3/t13-,15-,16-,17-,19+,20+,22-,23-,24+/m0/s1. The van der Waals surface area contributed by atoms with Crippen LogP contribution >= 0.6 is 0 Å². The molecule has 9 atom stereocenters. The molecule has 166 valence electrons. The van der Waals surface area contributed by atoms with Gasteiger partial charge in [0.25, 0.3) is 0 Å². The van der Waals surface area contributed by atoms with Crippen molar-refractivity contribution >= 4 is 5.78 Å². The summed E-state index contributed by atoms with van der Waals surface area (Å²) in [5.41, 5.74) is -1.67. The van der Waals surface area contributed by atoms with Crippen LogP contribution in [0.2, 0.25) is 0 Å². The van der Waals surface area contributed by atoms with Gasteiger partial charge in [-0.25, -0.2) is 4.39 Å². The van der Waals surface area contributed by atoms with Crippen LogP contribution < -0.4 is 0 Å². The monoisotopic (exact) mass is 420 g/mol. The molecule has 0 radical (unpaired) electrons. The fraction of sp³-hybridized carbons (Fsp3) is 0.792. The largest absolute Gasteiger partial charge is 0.393 e. The second-order valence-corrected chi connectivity index (χ2v) is 11.0. The molecule has 6 heteroatoms. The van der Waals surface area contributed by atoms with Gasteiger partial charge in [0.1, 0.15) is 12.8 Å². The Morgan fingerprint density at radius 3 is 2.70 bits per heavy atom. The van der Waals surface area contributed by atoms with E-state index in [1.165, 1.54) is 0 Å². The summed E-state index contributed by atoms with van der Waals surface area (Å²) in [6.45, 7) is 6.99. The Bertz CT molecular complexity index is 835. The van der Waals surface area contributed by atoms with Crippen LogP contribution in [-0.2, 0) is 14.3 Å². The molecular formula is C24H33FO5. The Hall–Kier alpha value is -1.08. The highest BCUT2D eigenvalue weighted by Gasteiger charge is 2.77. The number of rotatable bonds is 2. The van der Waals surface area contributed by atoms with E-state index in [0.29, 0.717) is 25.7 Å². The van der Waals surface area contributed by atoms with E-state index in [0.717, 1.165) is 5.57 Å². The predicted molar refractivity (Wildman–Crippen MR) is 108 cm³/mol. The molecule has 0 unspecified atom stereocenters. The number of aliphatic hydroxyl groups is 2. The van der Waals surface area contributed by atoms with E-state index in [2.05, 4.69) is 13.0 Å². The smallest absolute Gasteiger partial charge is 0.193 e. The number of hydrogen-bond donors (Lipinski definition) is 2. The van der Waals surface area contributed by atoms with Gasteiger partial charge in [0.2, 0.25) is 0 Å². The lowest BCUT2D eigenvalue weighted by molar-refractivity contribution is -0.228. The van der Waals surface area contributed by atoms with Gasteiger partial charge in [0, 0.05) is 10.8 Å². The van der Waals surface area contributed by atoms with Gasteiger partial charge in [0.05, 0.1) is 12.2 Å². The maximum absolute atomic E-state index is 15.4. The molecule has 4 fully saturated rings. The quantitative estimate of drug-likeness (QED) is 0.718. The van der Waals surface area contributed by atoms with Crippen molar-refractivity contribution in [1.29, 1.82) is 0 Å². The molecule has 5 aliphatic rings. The number of alkyl halides is 1. The van der Waals surface area contributed by atoms with Gasteiger partial charge in [-0.3, -0.25) is 4.79 Å². The van der Waals surface area contributed by atoms with Gasteiger partial charge in [-0.15, -0.1) is 0 Å². The van der Waals surface area contributed by atoms with Gasteiger partial charge in [0.15, 0.2) is 17.2 Å². The number of carbonyl (C=O) groups excluding carboxylic acids is 1. The fourth-order valence-electron chi connectivity index (χ4n) is 8.24. The lowest BCUT2D eigenvalue weighted by Crippen LogP contribution is -2.64. The second-order valence-electron chi connectivity index (χ2n) is 11.0. The van der Waals surface area contributed by atoms with Gasteiger partial charge >= 0.3 is 0 Å². The third-order valence-electron chi connectivity index (χ3n) is 9.17. The summed E-state index contributed by atoms with van der Waals surface area (Å²) in [4.78, 5) is 13.2. The zero-order valence-corrected chi connectivity index (χ0v) is 18.2. The van der Waals surface area contributed by atoms with E-state index in [1.807, 2.05) is 19.1 Å². The Labute approximate surface area is 177 Å². The van der Waals surface area contributed by atoms with E-state index in [1.54, 1.807) is 13.8 Å². The number of hydrogen-bond acceptors (Lipinski definition) is 5. The number of aliphatic hydroxyl groups excluding tert-OH is 2. The molecule has 0 spiro atoms. The molecular weight excluding hydrogens is 387 g/mol. The summed E-state index contributed by atoms with van der Waals surface area (Å²) in [5.74, 6) is -1.52. The van der Waals surface area contributed by atoms with Crippen molar-refractivity contribution in [2.75, 3.05) is 6.61 Å². The average Bonchev–Trinajstić information content (AvgIpc) is 3.07. The lowest BCUT2D eigenvalue weighted by Gasteiger charge is -2.61. The molecule has 3 saturated carbocycles. The van der Waals surface area contributed by atoms with Crippen molar-refractivity contribution in [3.63, 3.8) is 0 Å². The Balaban J connectivity index is 1.61. The van der Waals surface area contributed by atoms with Crippen LogP contribution in [0.1, 0.15) is 53.4 Å². The average molecular weight is 421 g/mol.